The van der Waals surface area contributed by atoms with Crippen molar-refractivity contribution >= 4 is 17.7 Å². The van der Waals surface area contributed by atoms with Gasteiger partial charge in [-0.1, -0.05) is 32.6 Å². The van der Waals surface area contributed by atoms with Crippen LogP contribution in [0.15, 0.2) is 12.3 Å². The Morgan fingerprint density at radius 2 is 2.06 bits per heavy atom. The first-order valence-corrected chi connectivity index (χ1v) is 12.7. The first-order valence-electron chi connectivity index (χ1n) is 11.5. The molecule has 0 N–H and O–H groups in total. The molecule has 174 valence electrons. The van der Waals surface area contributed by atoms with E-state index in [0.717, 1.165) is 29.5 Å². The Morgan fingerprint density at radius 3 is 2.74 bits per heavy atom. The van der Waals surface area contributed by atoms with Crippen LogP contribution >= 0.6 is 11.8 Å². The zero-order chi connectivity index (χ0) is 22.3. The highest BCUT2D eigenvalue weighted by atomic mass is 32.2. The van der Waals surface area contributed by atoms with Crippen molar-refractivity contribution in [3.8, 4) is 0 Å². The third-order valence-electron chi connectivity index (χ3n) is 6.44. The quantitative estimate of drug-likeness (QED) is 0.229. The SMILES string of the molecule is CCSC[C@@H]1N(COC)C(=O)[C@]1(Cc1cc(CCCCC2CC2)c(C)cn1)OCOC. The van der Waals surface area contributed by atoms with Crippen LogP contribution in [-0.4, -0.2) is 66.7 Å². The van der Waals surface area contributed by atoms with Crippen molar-refractivity contribution in [1.29, 1.82) is 0 Å². The molecule has 1 aliphatic carbocycles. The van der Waals surface area contributed by atoms with E-state index in [2.05, 4.69) is 24.9 Å². The number of unbranched alkanes of at least 4 members (excludes halogenated alkanes) is 1. The number of carbonyl (C=O) groups is 1. The van der Waals surface area contributed by atoms with Crippen LogP contribution in [0.1, 0.15) is 55.8 Å². The van der Waals surface area contributed by atoms with E-state index in [4.69, 9.17) is 14.2 Å². The molecule has 0 spiro atoms. The number of hydrogen-bond acceptors (Lipinski definition) is 6. The highest BCUT2D eigenvalue weighted by molar-refractivity contribution is 7.99. The second-order valence-corrected chi connectivity index (χ2v) is 10.1. The number of methoxy groups -OCH3 is 2. The van der Waals surface area contributed by atoms with Gasteiger partial charge in [0, 0.05) is 38.3 Å². The molecule has 1 aromatic heterocycles. The van der Waals surface area contributed by atoms with Gasteiger partial charge in [0.05, 0.1) is 6.04 Å². The van der Waals surface area contributed by atoms with E-state index in [-0.39, 0.29) is 25.5 Å². The molecule has 31 heavy (non-hydrogen) atoms. The summed E-state index contributed by atoms with van der Waals surface area (Å²) in [4.78, 5) is 19.7. The highest BCUT2D eigenvalue weighted by Crippen LogP contribution is 2.39. The number of pyridine rings is 1. The van der Waals surface area contributed by atoms with Crippen molar-refractivity contribution in [2.75, 3.05) is 39.2 Å². The van der Waals surface area contributed by atoms with Crippen LogP contribution in [0, 0.1) is 12.8 Å². The van der Waals surface area contributed by atoms with Crippen LogP contribution in [0.25, 0.3) is 0 Å². The molecule has 2 atom stereocenters. The summed E-state index contributed by atoms with van der Waals surface area (Å²) < 4.78 is 16.6. The van der Waals surface area contributed by atoms with Gasteiger partial charge in [-0.25, -0.2) is 0 Å². The summed E-state index contributed by atoms with van der Waals surface area (Å²) in [6.07, 6.45) is 10.2. The number of aryl methyl sites for hydroxylation is 2. The van der Waals surface area contributed by atoms with E-state index in [1.165, 1.54) is 43.2 Å². The molecule has 3 rings (SSSR count). The van der Waals surface area contributed by atoms with E-state index in [9.17, 15) is 4.79 Å². The Bertz CT molecular complexity index is 728. The fourth-order valence-electron chi connectivity index (χ4n) is 4.43. The van der Waals surface area contributed by atoms with Crippen molar-refractivity contribution in [1.82, 2.24) is 9.88 Å². The average molecular weight is 451 g/mol. The Morgan fingerprint density at radius 1 is 1.26 bits per heavy atom. The minimum absolute atomic E-state index is 0.0403. The lowest BCUT2D eigenvalue weighted by Crippen LogP contribution is -2.77. The van der Waals surface area contributed by atoms with Crippen molar-refractivity contribution in [2.45, 2.75) is 70.4 Å². The topological polar surface area (TPSA) is 60.9 Å². The van der Waals surface area contributed by atoms with Gasteiger partial charge in [0.25, 0.3) is 5.91 Å². The minimum atomic E-state index is -0.942. The maximum absolute atomic E-state index is 13.2. The lowest BCUT2D eigenvalue weighted by molar-refractivity contribution is -0.229. The van der Waals surface area contributed by atoms with Crippen molar-refractivity contribution < 1.29 is 19.0 Å². The Balaban J connectivity index is 1.74. The van der Waals surface area contributed by atoms with Gasteiger partial charge in [-0.15, -0.1) is 0 Å². The maximum Gasteiger partial charge on any atom is 0.259 e. The number of β-lactam (4-membered cyclic amide) rings is 1. The van der Waals surface area contributed by atoms with Crippen LogP contribution in [0.2, 0.25) is 0 Å². The third kappa shape index (κ3) is 6.01. The van der Waals surface area contributed by atoms with Crippen LogP contribution < -0.4 is 0 Å². The fourth-order valence-corrected chi connectivity index (χ4v) is 5.33. The van der Waals surface area contributed by atoms with Gasteiger partial charge in [-0.05, 0) is 48.6 Å². The molecule has 2 aliphatic rings. The first kappa shape index (κ1) is 24.5. The number of carbonyl (C=O) groups excluding carboxylic acids is 1. The normalized spacial score (nSPS) is 23.3. The second-order valence-electron chi connectivity index (χ2n) is 8.78. The monoisotopic (exact) mass is 450 g/mol. The Kier molecular flexibility index (Phi) is 9.19. The number of aromatic nitrogens is 1. The van der Waals surface area contributed by atoms with E-state index in [1.54, 1.807) is 30.9 Å². The molecule has 1 aromatic rings. The van der Waals surface area contributed by atoms with Gasteiger partial charge in [-0.2, -0.15) is 11.8 Å². The van der Waals surface area contributed by atoms with Gasteiger partial charge in [0.2, 0.25) is 0 Å². The smallest absolute Gasteiger partial charge is 0.259 e. The van der Waals surface area contributed by atoms with Crippen molar-refractivity contribution in [2.24, 2.45) is 5.92 Å². The van der Waals surface area contributed by atoms with Crippen LogP contribution in [0.5, 0.6) is 0 Å². The number of likely N-dealkylation sites (tertiary alicyclic amines) is 1. The lowest BCUT2D eigenvalue weighted by Gasteiger charge is -2.54. The number of ether oxygens (including phenoxy) is 3. The number of hydrogen-bond donors (Lipinski definition) is 0. The molecule has 0 unspecified atom stereocenters. The number of rotatable bonds is 15. The molecular weight excluding hydrogens is 412 g/mol. The van der Waals surface area contributed by atoms with E-state index >= 15 is 0 Å². The maximum atomic E-state index is 13.2. The molecule has 0 aromatic carbocycles. The predicted molar refractivity (Wildman–Crippen MR) is 124 cm³/mol. The molecule has 0 radical (unpaired) electrons. The van der Waals surface area contributed by atoms with Gasteiger partial charge in [-0.3, -0.25) is 9.78 Å². The fraction of sp³-hybridized carbons (Fsp3) is 0.750. The summed E-state index contributed by atoms with van der Waals surface area (Å²) in [6, 6.07) is 2.12. The number of nitrogens with zero attached hydrogens (tertiary/aromatic N) is 2. The number of amides is 1. The summed E-state index contributed by atoms with van der Waals surface area (Å²) in [5.74, 6) is 2.74. The Labute approximate surface area is 191 Å². The summed E-state index contributed by atoms with van der Waals surface area (Å²) >= 11 is 1.81. The molecule has 1 aliphatic heterocycles. The highest BCUT2D eigenvalue weighted by Gasteiger charge is 2.61. The summed E-state index contributed by atoms with van der Waals surface area (Å²) in [6.45, 7) is 4.61. The van der Waals surface area contributed by atoms with Gasteiger partial charge >= 0.3 is 0 Å². The van der Waals surface area contributed by atoms with Gasteiger partial charge in [0.15, 0.2) is 5.60 Å². The zero-order valence-corrected chi connectivity index (χ0v) is 20.3. The second kappa shape index (κ2) is 11.6. The average Bonchev–Trinajstić information content (AvgIpc) is 3.60. The minimum Gasteiger partial charge on any atom is -0.364 e. The van der Waals surface area contributed by atoms with Gasteiger partial charge in [0.1, 0.15) is 13.5 Å². The molecule has 6 nitrogen and oxygen atoms in total. The molecule has 7 heteroatoms. The molecule has 1 saturated heterocycles. The Hall–Kier alpha value is -1.15. The molecular formula is C24H38N2O4S. The first-order chi connectivity index (χ1) is 15.1. The third-order valence-corrected chi connectivity index (χ3v) is 7.40. The summed E-state index contributed by atoms with van der Waals surface area (Å²) in [5.41, 5.74) is 2.53. The zero-order valence-electron chi connectivity index (χ0n) is 19.5. The lowest BCUT2D eigenvalue weighted by atomic mass is 9.79. The van der Waals surface area contributed by atoms with Gasteiger partial charge < -0.3 is 19.1 Å². The molecule has 1 amide bonds. The largest absolute Gasteiger partial charge is 0.364 e. The van der Waals surface area contributed by atoms with E-state index in [0.29, 0.717) is 6.42 Å². The van der Waals surface area contributed by atoms with E-state index in [1.807, 2.05) is 6.20 Å². The van der Waals surface area contributed by atoms with Crippen LogP contribution in [-0.2, 0) is 31.8 Å². The predicted octanol–water partition coefficient (Wildman–Crippen LogP) is 3.98. The van der Waals surface area contributed by atoms with Crippen LogP contribution in [0.4, 0.5) is 0 Å². The number of thioether (sulfide) groups is 1. The molecule has 0 bridgehead atoms. The molecule has 2 heterocycles. The van der Waals surface area contributed by atoms with Crippen molar-refractivity contribution in [3.63, 3.8) is 0 Å². The standard InChI is InChI=1S/C24H38N2O4S/c1-5-31-15-22-24(30-17-29-4,23(27)26(22)16-28-3)13-21-12-20(18(2)14-25-21)9-7-6-8-19-10-11-19/h12,14,19,22H,5-11,13,15-17H2,1-4H3/t22-,24+/m0/s1. The van der Waals surface area contributed by atoms with Crippen LogP contribution in [0.3, 0.4) is 0 Å². The van der Waals surface area contributed by atoms with E-state index < -0.39 is 5.60 Å². The summed E-state index contributed by atoms with van der Waals surface area (Å²) in [7, 11) is 3.20. The molecule has 2 fully saturated rings. The molecule has 1 saturated carbocycles. The summed E-state index contributed by atoms with van der Waals surface area (Å²) in [5, 5.41) is 0. The van der Waals surface area contributed by atoms with Crippen molar-refractivity contribution in [3.05, 3.63) is 29.1 Å².